The summed E-state index contributed by atoms with van der Waals surface area (Å²) in [5.41, 5.74) is 5.38. The molecule has 0 rings (SSSR count). The molecule has 10 heteroatoms. The minimum absolute atomic E-state index is 0.0401. The third-order valence-corrected chi connectivity index (χ3v) is 13.1. The van der Waals surface area contributed by atoms with Crippen molar-refractivity contribution < 1.29 is 37.6 Å². The number of rotatable bonds is 55. The van der Waals surface area contributed by atoms with Crippen molar-refractivity contribution in [3.8, 4) is 0 Å². The van der Waals surface area contributed by atoms with Crippen LogP contribution in [0.4, 0.5) is 0 Å². The zero-order valence-electron chi connectivity index (χ0n) is 49.5. The van der Waals surface area contributed by atoms with Crippen LogP contribution in [-0.2, 0) is 32.7 Å². The van der Waals surface area contributed by atoms with E-state index in [0.717, 1.165) is 148 Å². The molecule has 0 aromatic heterocycles. The first-order valence-electron chi connectivity index (χ1n) is 30.6. The van der Waals surface area contributed by atoms with Gasteiger partial charge in [-0.3, -0.25) is 18.6 Å². The predicted molar refractivity (Wildman–Crippen MR) is 339 cm³/mol. The summed E-state index contributed by atoms with van der Waals surface area (Å²) in [6.45, 7) is 3.46. The Balaban J connectivity index is 4.05. The van der Waals surface area contributed by atoms with Gasteiger partial charge in [0.2, 0.25) is 0 Å². The highest BCUT2D eigenvalue weighted by Crippen LogP contribution is 2.43. The van der Waals surface area contributed by atoms with Gasteiger partial charge in [0.15, 0.2) is 6.10 Å². The highest BCUT2D eigenvalue weighted by molar-refractivity contribution is 7.47. The minimum atomic E-state index is -4.41. The molecule has 0 aliphatic carbocycles. The van der Waals surface area contributed by atoms with Crippen LogP contribution in [-0.4, -0.2) is 49.3 Å². The lowest BCUT2D eigenvalue weighted by Gasteiger charge is -2.19. The van der Waals surface area contributed by atoms with Crippen LogP contribution >= 0.6 is 7.82 Å². The molecule has 0 aromatic rings. The number of unbranched alkanes of at least 4 members (excludes halogenated alkanes) is 14. The average molecular weight is 1110 g/mol. The summed E-state index contributed by atoms with van der Waals surface area (Å²) in [6, 6.07) is 0. The van der Waals surface area contributed by atoms with Crippen LogP contribution in [0.25, 0.3) is 0 Å². The summed E-state index contributed by atoms with van der Waals surface area (Å²) in [5, 5.41) is 0. The average Bonchev–Trinajstić information content (AvgIpc) is 3.44. The van der Waals surface area contributed by atoms with Gasteiger partial charge >= 0.3 is 19.8 Å². The van der Waals surface area contributed by atoms with Crippen LogP contribution in [0.1, 0.15) is 219 Å². The molecule has 79 heavy (non-hydrogen) atoms. The zero-order valence-corrected chi connectivity index (χ0v) is 50.4. The van der Waals surface area contributed by atoms with Crippen molar-refractivity contribution in [1.82, 2.24) is 0 Å². The van der Waals surface area contributed by atoms with Gasteiger partial charge in [0.1, 0.15) is 6.61 Å². The number of phosphoric ester groups is 1. The van der Waals surface area contributed by atoms with Gasteiger partial charge in [0.25, 0.3) is 0 Å². The maximum Gasteiger partial charge on any atom is 0.472 e. The number of carbonyl (C=O) groups is 2. The highest BCUT2D eigenvalue weighted by atomic mass is 31.2. The van der Waals surface area contributed by atoms with Gasteiger partial charge in [-0.05, 0) is 128 Å². The van der Waals surface area contributed by atoms with Gasteiger partial charge in [0.05, 0.1) is 13.2 Å². The summed E-state index contributed by atoms with van der Waals surface area (Å²) in [7, 11) is -4.41. The van der Waals surface area contributed by atoms with Crippen molar-refractivity contribution in [2.24, 2.45) is 5.73 Å². The molecule has 0 aliphatic rings. The summed E-state index contributed by atoms with van der Waals surface area (Å²) < 4.78 is 33.0. The van der Waals surface area contributed by atoms with E-state index < -0.39 is 32.5 Å². The molecule has 0 fully saturated rings. The van der Waals surface area contributed by atoms with Gasteiger partial charge < -0.3 is 20.1 Å². The molecule has 0 saturated carbocycles. The number of nitrogens with two attached hydrogens (primary N) is 1. The molecule has 0 radical (unpaired) electrons. The second-order valence-corrected chi connectivity index (χ2v) is 20.9. The molecule has 0 saturated heterocycles. The third-order valence-electron chi connectivity index (χ3n) is 12.1. The molecule has 0 aromatic carbocycles. The smallest absolute Gasteiger partial charge is 0.462 e. The lowest BCUT2D eigenvalue weighted by Crippen LogP contribution is -2.29. The molecular formula is C69H110NO8P. The second-order valence-electron chi connectivity index (χ2n) is 19.5. The molecule has 0 amide bonds. The molecule has 9 nitrogen and oxygen atoms in total. The molecular weight excluding hydrogens is 1000 g/mol. The Morgan fingerprint density at radius 2 is 0.658 bits per heavy atom. The fourth-order valence-electron chi connectivity index (χ4n) is 7.65. The van der Waals surface area contributed by atoms with E-state index in [2.05, 4.69) is 184 Å². The second kappa shape index (κ2) is 62.6. The first-order valence-corrected chi connectivity index (χ1v) is 32.1. The van der Waals surface area contributed by atoms with E-state index in [1.54, 1.807) is 0 Å². The Bertz CT molecular complexity index is 1890. The van der Waals surface area contributed by atoms with Crippen LogP contribution in [0, 0.1) is 0 Å². The van der Waals surface area contributed by atoms with E-state index in [1.807, 2.05) is 0 Å². The van der Waals surface area contributed by atoms with Crippen molar-refractivity contribution in [3.63, 3.8) is 0 Å². The van der Waals surface area contributed by atoms with E-state index in [1.165, 1.54) is 32.1 Å². The van der Waals surface area contributed by atoms with Crippen molar-refractivity contribution >= 4 is 19.8 Å². The highest BCUT2D eigenvalue weighted by Gasteiger charge is 2.26. The number of hydrogen-bond donors (Lipinski definition) is 2. The maximum absolute atomic E-state index is 12.7. The van der Waals surface area contributed by atoms with Crippen LogP contribution in [0.2, 0.25) is 0 Å². The topological polar surface area (TPSA) is 134 Å². The van der Waals surface area contributed by atoms with Gasteiger partial charge in [-0.2, -0.15) is 0 Å². The first kappa shape index (κ1) is 74.4. The number of esters is 2. The van der Waals surface area contributed by atoms with Gasteiger partial charge in [-0.25, -0.2) is 4.57 Å². The van der Waals surface area contributed by atoms with Crippen molar-refractivity contribution in [2.45, 2.75) is 225 Å². The van der Waals surface area contributed by atoms with Gasteiger partial charge in [0, 0.05) is 19.4 Å². The Hall–Kier alpha value is -4.63. The normalized spacial score (nSPS) is 14.2. The predicted octanol–water partition coefficient (Wildman–Crippen LogP) is 19.8. The summed E-state index contributed by atoms with van der Waals surface area (Å²) in [6.07, 6.45) is 92.7. The molecule has 0 bridgehead atoms. The van der Waals surface area contributed by atoms with Gasteiger partial charge in [-0.1, -0.05) is 248 Å². The monoisotopic (exact) mass is 1110 g/mol. The van der Waals surface area contributed by atoms with Crippen LogP contribution in [0.3, 0.4) is 0 Å². The number of hydrogen-bond acceptors (Lipinski definition) is 8. The number of carbonyl (C=O) groups excluding carboxylic acids is 2. The quantitative estimate of drug-likeness (QED) is 0.0264. The molecule has 2 atom stereocenters. The molecule has 2 unspecified atom stereocenters. The van der Waals surface area contributed by atoms with Crippen LogP contribution in [0.15, 0.2) is 170 Å². The molecule has 0 aliphatic heterocycles. The van der Waals surface area contributed by atoms with E-state index in [4.69, 9.17) is 24.3 Å². The fraction of sp³-hybridized carbons (Fsp3) is 0.565. The SMILES string of the molecule is CC/C=C\C/C=C\C/C=C\C/C=C\C/C=C\C/C=C\C/C=C\C/C=C\C/C=C\CCCCCCCCCCCC(=O)OC(COC(=O)CCCCCCC/C=C\C/C=C\C/C=C\C/C=C\C/C=C\CC)COP(=O)(O)OCCN. The van der Waals surface area contributed by atoms with E-state index in [9.17, 15) is 19.0 Å². The summed E-state index contributed by atoms with van der Waals surface area (Å²) >= 11 is 0. The summed E-state index contributed by atoms with van der Waals surface area (Å²) in [4.78, 5) is 35.2. The van der Waals surface area contributed by atoms with E-state index >= 15 is 0 Å². The van der Waals surface area contributed by atoms with Crippen molar-refractivity contribution in [3.05, 3.63) is 170 Å². The molecule has 3 N–H and O–H groups in total. The largest absolute Gasteiger partial charge is 0.472 e. The first-order chi connectivity index (χ1) is 38.8. The third kappa shape index (κ3) is 62.4. The van der Waals surface area contributed by atoms with Crippen molar-refractivity contribution in [1.29, 1.82) is 0 Å². The minimum Gasteiger partial charge on any atom is -0.462 e. The zero-order chi connectivity index (χ0) is 57.3. The fourth-order valence-corrected chi connectivity index (χ4v) is 8.42. The van der Waals surface area contributed by atoms with Gasteiger partial charge in [-0.15, -0.1) is 0 Å². The number of phosphoric acid groups is 1. The molecule has 444 valence electrons. The summed E-state index contributed by atoms with van der Waals surface area (Å²) in [5.74, 6) is -0.870. The standard InChI is InChI=1S/C69H110NO8P/c1-3-5-7-9-11-13-15-17-19-21-23-25-26-27-28-29-30-31-32-33-34-35-36-37-38-39-40-42-44-46-48-50-52-54-56-58-60-62-69(72)78-67(66-77-79(73,74)76-64-63-70)65-75-68(71)61-59-57-55-53-51-49-47-45-43-41-24-22-20-18-16-14-12-10-8-6-4-2/h5-8,11-14,17-20,23-25,27-28,30-31,33-34,36-37,39-41,45,47,67H,3-4,9-10,15-16,21-22,26,29,32,35,38,42-44,46,48-66,70H2,1-2H3,(H,73,74)/b7-5-,8-6-,13-11-,14-12-,19-17-,20-18-,25-23-,28-27-,31-30-,34-33-,37-36-,40-39-,41-24-,47-45-. The number of allylic oxidation sites excluding steroid dienone is 28. The van der Waals surface area contributed by atoms with Crippen LogP contribution in [0.5, 0.6) is 0 Å². The lowest BCUT2D eigenvalue weighted by atomic mass is 10.1. The Morgan fingerprint density at radius 3 is 0.975 bits per heavy atom. The lowest BCUT2D eigenvalue weighted by molar-refractivity contribution is -0.161. The Morgan fingerprint density at radius 1 is 0.380 bits per heavy atom. The Kier molecular flexibility index (Phi) is 58.9. The van der Waals surface area contributed by atoms with E-state index in [0.29, 0.717) is 12.8 Å². The molecule has 0 spiro atoms. The maximum atomic E-state index is 12.7. The Labute approximate surface area is 482 Å². The molecule has 0 heterocycles. The van der Waals surface area contributed by atoms with E-state index in [-0.39, 0.29) is 32.6 Å². The number of ether oxygens (including phenoxy) is 2. The van der Waals surface area contributed by atoms with Crippen molar-refractivity contribution in [2.75, 3.05) is 26.4 Å². The van der Waals surface area contributed by atoms with Crippen LogP contribution < -0.4 is 5.73 Å².